The van der Waals surface area contributed by atoms with Crippen LogP contribution in [0.4, 0.5) is 5.95 Å². The molecule has 12 heteroatoms. The van der Waals surface area contributed by atoms with Gasteiger partial charge >= 0.3 is 0 Å². The van der Waals surface area contributed by atoms with Crippen molar-refractivity contribution in [3.8, 4) is 0 Å². The number of aryl methyl sites for hydroxylation is 1. The van der Waals surface area contributed by atoms with Gasteiger partial charge in [-0.25, -0.2) is 18.1 Å². The zero-order chi connectivity index (χ0) is 25.1. The number of nitrogens with one attached hydrogen (secondary N) is 2. The molecule has 0 radical (unpaired) electrons. The maximum atomic E-state index is 13.7. The van der Waals surface area contributed by atoms with Crippen LogP contribution in [-0.4, -0.2) is 51.0 Å². The lowest BCUT2D eigenvalue weighted by Gasteiger charge is -2.17. The van der Waals surface area contributed by atoms with Gasteiger partial charge < -0.3 is 10.4 Å². The van der Waals surface area contributed by atoms with Crippen molar-refractivity contribution in [2.45, 2.75) is 49.7 Å². The molecule has 0 saturated heterocycles. The van der Waals surface area contributed by atoms with E-state index in [0.717, 1.165) is 17.4 Å². The van der Waals surface area contributed by atoms with Gasteiger partial charge in [-0.05, 0) is 54.8 Å². The molecule has 2 aromatic heterocycles. The van der Waals surface area contributed by atoms with E-state index in [1.165, 1.54) is 36.1 Å². The summed E-state index contributed by atoms with van der Waals surface area (Å²) in [6.07, 6.45) is 3.38. The molecule has 0 spiro atoms. The van der Waals surface area contributed by atoms with Gasteiger partial charge in [0.2, 0.25) is 16.0 Å². The van der Waals surface area contributed by atoms with E-state index >= 15 is 0 Å². The third-order valence-corrected chi connectivity index (χ3v) is 7.31. The highest BCUT2D eigenvalue weighted by atomic mass is 79.9. The molecule has 2 heterocycles. The van der Waals surface area contributed by atoms with Crippen LogP contribution in [-0.2, 0) is 23.6 Å². The van der Waals surface area contributed by atoms with Crippen molar-refractivity contribution in [3.63, 3.8) is 0 Å². The third-order valence-electron chi connectivity index (χ3n) is 5.09. The average Bonchev–Trinajstić information content (AvgIpc) is 3.26. The van der Waals surface area contributed by atoms with E-state index in [-0.39, 0.29) is 38.3 Å². The maximum absolute atomic E-state index is 13.7. The number of halogens is 1. The summed E-state index contributed by atoms with van der Waals surface area (Å²) in [6, 6.07) is 2.57. The highest BCUT2D eigenvalue weighted by Gasteiger charge is 2.41. The van der Waals surface area contributed by atoms with Gasteiger partial charge in [-0.1, -0.05) is 0 Å². The molecule has 32 heavy (non-hydrogen) atoms. The zero-order valence-corrected chi connectivity index (χ0v) is 20.2. The molecule has 1 aromatic carbocycles. The fourth-order valence-corrected chi connectivity index (χ4v) is 5.34. The number of fused-ring (bicyclic) bond motifs is 1. The number of anilines is 1. The summed E-state index contributed by atoms with van der Waals surface area (Å²) in [5.74, 6) is -0.118. The first-order valence-electron chi connectivity index (χ1n) is 11.0. The third kappa shape index (κ3) is 4.72. The summed E-state index contributed by atoms with van der Waals surface area (Å²) in [5, 5.41) is 16.5. The second-order valence-corrected chi connectivity index (χ2v) is 10.8. The number of benzene rings is 1. The summed E-state index contributed by atoms with van der Waals surface area (Å²) in [5.41, 5.74) is -1.04. The van der Waals surface area contributed by atoms with Crippen LogP contribution < -0.4 is 15.6 Å². The van der Waals surface area contributed by atoms with Gasteiger partial charge in [0, 0.05) is 35.4 Å². The number of hydrogen-bond donors (Lipinski definition) is 3. The molecule has 1 aliphatic rings. The van der Waals surface area contributed by atoms with Crippen molar-refractivity contribution < 1.29 is 16.3 Å². The summed E-state index contributed by atoms with van der Waals surface area (Å²) in [4.78, 5) is 18.0. The molecule has 0 bridgehead atoms. The fraction of sp³-hybridized carbons (Fsp3) is 0.450. The standard InChI is InChI=1S/C20H25BrN6O4S/c1-12(28)8-22-19-24-17-15(18(29)27(19)11-13-9-23-26(3)10-13)6-14(7-16(17)21)32(30,31)25-20(2)4-5-20/h6-7,9-10,12,25,28H,4-5,8,11H2,1-3H3,(H,22,24)/t12-/m0/s1/i11D2. The summed E-state index contributed by atoms with van der Waals surface area (Å²) in [6.45, 7) is 0.965. The Balaban J connectivity index is 1.95. The number of nitrogens with zero attached hydrogens (tertiary/aromatic N) is 4. The van der Waals surface area contributed by atoms with Gasteiger partial charge in [0.15, 0.2) is 0 Å². The Labute approximate surface area is 196 Å². The van der Waals surface area contributed by atoms with Crippen LogP contribution in [0.3, 0.4) is 0 Å². The predicted octanol–water partition coefficient (Wildman–Crippen LogP) is 1.56. The lowest BCUT2D eigenvalue weighted by Crippen LogP contribution is -2.34. The predicted molar refractivity (Wildman–Crippen MR) is 124 cm³/mol. The number of aliphatic hydroxyl groups is 1. The number of hydrogen-bond acceptors (Lipinski definition) is 7. The lowest BCUT2D eigenvalue weighted by molar-refractivity contribution is 0.208. The quantitative estimate of drug-likeness (QED) is 0.405. The molecule has 10 nitrogen and oxygen atoms in total. The maximum Gasteiger partial charge on any atom is 0.263 e. The zero-order valence-electron chi connectivity index (χ0n) is 19.8. The molecule has 0 unspecified atom stereocenters. The van der Waals surface area contributed by atoms with Gasteiger partial charge in [0.05, 0.1) is 37.3 Å². The molecular weight excluding hydrogens is 500 g/mol. The van der Waals surface area contributed by atoms with Crippen LogP contribution in [0.15, 0.2) is 38.7 Å². The lowest BCUT2D eigenvalue weighted by atomic mass is 10.2. The number of rotatable bonds is 8. The summed E-state index contributed by atoms with van der Waals surface area (Å²) >= 11 is 3.32. The van der Waals surface area contributed by atoms with E-state index < -0.39 is 33.7 Å². The number of aromatic nitrogens is 4. The second kappa shape index (κ2) is 8.25. The van der Waals surface area contributed by atoms with E-state index in [0.29, 0.717) is 0 Å². The molecule has 1 saturated carbocycles. The summed E-state index contributed by atoms with van der Waals surface area (Å²) < 4.78 is 48.5. The minimum atomic E-state index is -3.93. The van der Waals surface area contributed by atoms with Crippen LogP contribution in [0.1, 0.15) is 35.0 Å². The van der Waals surface area contributed by atoms with E-state index in [1.807, 2.05) is 0 Å². The van der Waals surface area contributed by atoms with Crippen molar-refractivity contribution in [2.24, 2.45) is 7.05 Å². The van der Waals surface area contributed by atoms with Crippen LogP contribution in [0.5, 0.6) is 0 Å². The van der Waals surface area contributed by atoms with E-state index in [4.69, 9.17) is 2.74 Å². The first kappa shape index (κ1) is 20.3. The normalized spacial score (nSPS) is 17.7. The molecule has 0 amide bonds. The molecule has 4 rings (SSSR count). The van der Waals surface area contributed by atoms with Crippen LogP contribution in [0.2, 0.25) is 0 Å². The van der Waals surface area contributed by atoms with Gasteiger partial charge in [-0.3, -0.25) is 14.0 Å². The van der Waals surface area contributed by atoms with Crippen molar-refractivity contribution in [2.75, 3.05) is 11.9 Å². The van der Waals surface area contributed by atoms with E-state index in [1.54, 1.807) is 14.0 Å². The average molecular weight is 527 g/mol. The fourth-order valence-electron chi connectivity index (χ4n) is 3.12. The Morgan fingerprint density at radius 1 is 1.41 bits per heavy atom. The van der Waals surface area contributed by atoms with Gasteiger partial charge in [-0.15, -0.1) is 0 Å². The highest BCUT2D eigenvalue weighted by Crippen LogP contribution is 2.36. The van der Waals surface area contributed by atoms with Crippen molar-refractivity contribution >= 4 is 42.8 Å². The molecule has 3 aromatic rings. The molecule has 3 N–H and O–H groups in total. The largest absolute Gasteiger partial charge is 0.392 e. The minimum absolute atomic E-state index is 0.00759. The van der Waals surface area contributed by atoms with E-state index in [2.05, 4.69) is 36.1 Å². The second-order valence-electron chi connectivity index (χ2n) is 8.29. The Morgan fingerprint density at radius 2 is 2.12 bits per heavy atom. The Bertz CT molecular complexity index is 1430. The smallest absolute Gasteiger partial charge is 0.263 e. The highest BCUT2D eigenvalue weighted by molar-refractivity contribution is 9.10. The van der Waals surface area contributed by atoms with Crippen LogP contribution in [0, 0.1) is 0 Å². The van der Waals surface area contributed by atoms with Crippen LogP contribution in [0.25, 0.3) is 10.9 Å². The first-order valence-corrected chi connectivity index (χ1v) is 12.2. The van der Waals surface area contributed by atoms with E-state index in [9.17, 15) is 18.3 Å². The molecular formula is C20H25BrN6O4S. The Kier molecular flexibility index (Phi) is 5.24. The molecule has 1 atom stereocenters. The minimum Gasteiger partial charge on any atom is -0.392 e. The Morgan fingerprint density at radius 3 is 2.72 bits per heavy atom. The number of aliphatic hydroxyl groups excluding tert-OH is 1. The SMILES string of the molecule is [2H]C([2H])(c1cnn(C)c1)n1c(NC[C@H](C)O)nc2c(Br)cc(S(=O)(=O)NC3(C)CC3)cc2c1=O. The molecule has 0 aliphatic heterocycles. The van der Waals surface area contributed by atoms with Crippen molar-refractivity contribution in [1.82, 2.24) is 24.1 Å². The van der Waals surface area contributed by atoms with Crippen LogP contribution >= 0.6 is 15.9 Å². The monoisotopic (exact) mass is 526 g/mol. The Hall–Kier alpha value is -2.28. The number of sulfonamides is 1. The van der Waals surface area contributed by atoms with Crippen molar-refractivity contribution in [1.29, 1.82) is 0 Å². The van der Waals surface area contributed by atoms with Crippen molar-refractivity contribution in [3.05, 3.63) is 44.9 Å². The summed E-state index contributed by atoms with van der Waals surface area (Å²) in [7, 11) is -2.31. The van der Waals surface area contributed by atoms with Gasteiger partial charge in [-0.2, -0.15) is 5.10 Å². The van der Waals surface area contributed by atoms with Gasteiger partial charge in [0.1, 0.15) is 0 Å². The molecule has 172 valence electrons. The topological polar surface area (TPSA) is 131 Å². The van der Waals surface area contributed by atoms with Gasteiger partial charge in [0.25, 0.3) is 5.56 Å². The molecule has 1 aliphatic carbocycles. The first-order chi connectivity index (χ1) is 15.7. The molecule has 1 fully saturated rings.